The van der Waals surface area contributed by atoms with Crippen molar-refractivity contribution in [1.82, 2.24) is 9.97 Å². The van der Waals surface area contributed by atoms with Crippen molar-refractivity contribution in [2.75, 3.05) is 13.4 Å². The van der Waals surface area contributed by atoms with E-state index in [9.17, 15) is 17.4 Å². The van der Waals surface area contributed by atoms with Gasteiger partial charge in [-0.1, -0.05) is 18.2 Å². The van der Waals surface area contributed by atoms with Gasteiger partial charge in [-0.25, -0.2) is 9.19 Å². The van der Waals surface area contributed by atoms with Crippen LogP contribution in [0.1, 0.15) is 23.4 Å². The SMILES string of the molecule is COc1ccccc1-c1csc(N=S(C)(=O)C(C)c2ccc(C(F)(F)F)nc2)n1. The van der Waals surface area contributed by atoms with Gasteiger partial charge in [-0.2, -0.15) is 17.5 Å². The van der Waals surface area contributed by atoms with E-state index in [2.05, 4.69) is 14.3 Å². The van der Waals surface area contributed by atoms with Gasteiger partial charge in [0.2, 0.25) is 5.13 Å². The van der Waals surface area contributed by atoms with Crippen LogP contribution in [0.3, 0.4) is 0 Å². The van der Waals surface area contributed by atoms with Crippen molar-refractivity contribution in [2.24, 2.45) is 4.36 Å². The third-order valence-corrected chi connectivity index (χ3v) is 7.31. The minimum absolute atomic E-state index is 0.324. The van der Waals surface area contributed by atoms with E-state index in [0.717, 1.165) is 17.8 Å². The third-order valence-electron chi connectivity index (χ3n) is 4.34. The number of ether oxygens (including phenoxy) is 1. The first kappa shape index (κ1) is 21.3. The Bertz CT molecular complexity index is 1120. The highest BCUT2D eigenvalue weighted by Gasteiger charge is 2.32. The Morgan fingerprint density at radius 3 is 2.55 bits per heavy atom. The summed E-state index contributed by atoms with van der Waals surface area (Å²) >= 11 is 1.23. The predicted molar refractivity (Wildman–Crippen MR) is 108 cm³/mol. The fourth-order valence-corrected chi connectivity index (χ4v) is 4.90. The van der Waals surface area contributed by atoms with Crippen molar-refractivity contribution in [1.29, 1.82) is 0 Å². The number of aromatic nitrogens is 2. The number of benzene rings is 1. The molecule has 2 heterocycles. The number of rotatable bonds is 5. The van der Waals surface area contributed by atoms with E-state index in [1.165, 1.54) is 23.7 Å². The molecule has 5 nitrogen and oxygen atoms in total. The van der Waals surface area contributed by atoms with Crippen molar-refractivity contribution in [3.63, 3.8) is 0 Å². The van der Waals surface area contributed by atoms with Gasteiger partial charge in [0.15, 0.2) is 0 Å². The minimum atomic E-state index is -4.52. The maximum atomic E-state index is 13.1. The van der Waals surface area contributed by atoms with Gasteiger partial charge < -0.3 is 4.74 Å². The number of halogens is 3. The Kier molecular flexibility index (Phi) is 5.95. The lowest BCUT2D eigenvalue weighted by molar-refractivity contribution is -0.141. The summed E-state index contributed by atoms with van der Waals surface area (Å²) in [5.74, 6) is 0.658. The summed E-state index contributed by atoms with van der Waals surface area (Å²) in [7, 11) is -1.26. The summed E-state index contributed by atoms with van der Waals surface area (Å²) < 4.78 is 60.8. The molecule has 2 atom stereocenters. The van der Waals surface area contributed by atoms with Gasteiger partial charge in [0, 0.05) is 23.4 Å². The Morgan fingerprint density at radius 2 is 1.93 bits per heavy atom. The van der Waals surface area contributed by atoms with Gasteiger partial charge in [0.1, 0.15) is 11.4 Å². The quantitative estimate of drug-likeness (QED) is 0.508. The van der Waals surface area contributed by atoms with Crippen LogP contribution in [0.5, 0.6) is 5.75 Å². The molecule has 0 aliphatic carbocycles. The van der Waals surface area contributed by atoms with Crippen LogP contribution in [0.15, 0.2) is 52.3 Å². The van der Waals surface area contributed by atoms with Crippen LogP contribution in [0.2, 0.25) is 0 Å². The molecule has 29 heavy (non-hydrogen) atoms. The van der Waals surface area contributed by atoms with E-state index < -0.39 is 26.8 Å². The zero-order valence-electron chi connectivity index (χ0n) is 15.8. The highest BCUT2D eigenvalue weighted by atomic mass is 32.2. The lowest BCUT2D eigenvalue weighted by Gasteiger charge is -2.14. The molecule has 0 aliphatic rings. The molecule has 0 saturated heterocycles. The number of alkyl halides is 3. The topological polar surface area (TPSA) is 64.4 Å². The summed E-state index contributed by atoms with van der Waals surface area (Å²) in [6.07, 6.45) is -1.97. The summed E-state index contributed by atoms with van der Waals surface area (Å²) in [6, 6.07) is 9.53. The molecule has 1 aromatic carbocycles. The second kappa shape index (κ2) is 8.11. The first-order valence-corrected chi connectivity index (χ1v) is 11.3. The molecule has 0 radical (unpaired) electrons. The largest absolute Gasteiger partial charge is 0.496 e. The highest BCUT2D eigenvalue weighted by Crippen LogP contribution is 2.35. The fourth-order valence-electron chi connectivity index (χ4n) is 2.59. The fraction of sp³-hybridized carbons (Fsp3) is 0.263. The van der Waals surface area contributed by atoms with E-state index in [4.69, 9.17) is 4.74 Å². The van der Waals surface area contributed by atoms with Crippen LogP contribution in [0.25, 0.3) is 11.3 Å². The first-order chi connectivity index (χ1) is 13.6. The number of nitrogens with zero attached hydrogens (tertiary/aromatic N) is 3. The number of hydrogen-bond acceptors (Lipinski definition) is 6. The molecule has 0 aliphatic heterocycles. The number of thiazole rings is 1. The molecule has 154 valence electrons. The number of para-hydroxylation sites is 1. The van der Waals surface area contributed by atoms with Gasteiger partial charge in [0.25, 0.3) is 0 Å². The van der Waals surface area contributed by atoms with Crippen LogP contribution >= 0.6 is 11.3 Å². The van der Waals surface area contributed by atoms with E-state index in [1.54, 1.807) is 19.4 Å². The van der Waals surface area contributed by atoms with Crippen molar-refractivity contribution < 1.29 is 22.1 Å². The van der Waals surface area contributed by atoms with Crippen molar-refractivity contribution in [3.8, 4) is 17.0 Å². The maximum absolute atomic E-state index is 13.1. The predicted octanol–water partition coefficient (Wildman–Crippen LogP) is 5.72. The second-order valence-corrected chi connectivity index (χ2v) is 9.73. The molecule has 0 bridgehead atoms. The summed E-state index contributed by atoms with van der Waals surface area (Å²) in [5, 5.41) is 1.48. The van der Waals surface area contributed by atoms with Gasteiger partial charge in [0.05, 0.1) is 27.8 Å². The third kappa shape index (κ3) is 4.76. The molecule has 0 amide bonds. The average molecular weight is 442 g/mol. The lowest BCUT2D eigenvalue weighted by Crippen LogP contribution is -2.11. The van der Waals surface area contributed by atoms with Crippen LogP contribution < -0.4 is 4.74 Å². The molecule has 2 unspecified atom stereocenters. The lowest BCUT2D eigenvalue weighted by atomic mass is 10.1. The first-order valence-electron chi connectivity index (χ1n) is 8.45. The smallest absolute Gasteiger partial charge is 0.433 e. The molecular formula is C19H18F3N3O2S2. The molecule has 0 N–H and O–H groups in total. The number of hydrogen-bond donors (Lipinski definition) is 0. The molecule has 10 heteroatoms. The second-order valence-electron chi connectivity index (χ2n) is 6.28. The molecule has 3 rings (SSSR count). The van der Waals surface area contributed by atoms with Crippen molar-refractivity contribution in [3.05, 3.63) is 59.2 Å². The summed E-state index contributed by atoms with van der Waals surface area (Å²) in [6.45, 7) is 1.64. The monoisotopic (exact) mass is 441 g/mol. The number of methoxy groups -OCH3 is 1. The summed E-state index contributed by atoms with van der Waals surface area (Å²) in [5.41, 5.74) is 0.852. The zero-order valence-corrected chi connectivity index (χ0v) is 17.4. The Balaban J connectivity index is 1.89. The maximum Gasteiger partial charge on any atom is 0.433 e. The molecule has 0 fully saturated rings. The molecule has 0 saturated carbocycles. The minimum Gasteiger partial charge on any atom is -0.496 e. The Hall–Kier alpha value is -2.46. The van der Waals surface area contributed by atoms with Crippen LogP contribution in [-0.4, -0.2) is 27.5 Å². The van der Waals surface area contributed by atoms with Crippen LogP contribution in [-0.2, 0) is 15.9 Å². The molecule has 0 spiro atoms. The Labute approximate surface area is 170 Å². The van der Waals surface area contributed by atoms with E-state index in [1.807, 2.05) is 24.3 Å². The van der Waals surface area contributed by atoms with Gasteiger partial charge >= 0.3 is 6.18 Å². The standard InChI is InChI=1S/C19H18F3N3O2S2/c1-12(13-8-9-17(23-10-13)19(20,21)22)29(3,26)25-18-24-15(11-28-18)14-6-4-5-7-16(14)27-2/h4-12H,1-3H3. The van der Waals surface area contributed by atoms with Crippen LogP contribution in [0, 0.1) is 0 Å². The highest BCUT2D eigenvalue weighted by molar-refractivity contribution is 7.93. The number of pyridine rings is 1. The van der Waals surface area contributed by atoms with E-state index in [0.29, 0.717) is 22.1 Å². The summed E-state index contributed by atoms with van der Waals surface area (Å²) in [4.78, 5) is 7.86. The van der Waals surface area contributed by atoms with Crippen molar-refractivity contribution >= 4 is 26.2 Å². The van der Waals surface area contributed by atoms with Gasteiger partial charge in [-0.05, 0) is 30.7 Å². The molecule has 3 aromatic rings. The van der Waals surface area contributed by atoms with E-state index in [-0.39, 0.29) is 0 Å². The molecule has 2 aromatic heterocycles. The zero-order chi connectivity index (χ0) is 21.2. The van der Waals surface area contributed by atoms with E-state index >= 15 is 0 Å². The Morgan fingerprint density at radius 1 is 1.21 bits per heavy atom. The van der Waals surface area contributed by atoms with Gasteiger partial charge in [-0.15, -0.1) is 11.3 Å². The average Bonchev–Trinajstić information content (AvgIpc) is 3.14. The van der Waals surface area contributed by atoms with Crippen LogP contribution in [0.4, 0.5) is 18.3 Å². The molecular weight excluding hydrogens is 423 g/mol. The normalized spacial score (nSPS) is 14.8. The van der Waals surface area contributed by atoms with Crippen molar-refractivity contribution in [2.45, 2.75) is 18.3 Å². The van der Waals surface area contributed by atoms with Gasteiger partial charge in [-0.3, -0.25) is 4.98 Å².